The van der Waals surface area contributed by atoms with Crippen LogP contribution in [0.2, 0.25) is 0 Å². The molecule has 3 heterocycles. The van der Waals surface area contributed by atoms with Crippen molar-refractivity contribution < 1.29 is 36.4 Å². The summed E-state index contributed by atoms with van der Waals surface area (Å²) in [7, 11) is -4.88. The Balaban J connectivity index is 1.58. The summed E-state index contributed by atoms with van der Waals surface area (Å²) in [6.07, 6.45) is 2.25. The van der Waals surface area contributed by atoms with Crippen molar-refractivity contribution >= 4 is 28.4 Å². The minimum absolute atomic E-state index is 0.0614. The summed E-state index contributed by atoms with van der Waals surface area (Å²) in [6, 6.07) is -2.64. The highest BCUT2D eigenvalue weighted by Gasteiger charge is 2.49. The zero-order chi connectivity index (χ0) is 23.1. The smallest absolute Gasteiger partial charge is 0.418 e. The molecule has 0 aromatic heterocycles. The molecule has 12 nitrogen and oxygen atoms in total. The van der Waals surface area contributed by atoms with Gasteiger partial charge < -0.3 is 19.9 Å². The fraction of sp³-hybridized carbons (Fsp3) is 0.722. The highest BCUT2D eigenvalue weighted by Crippen LogP contribution is 2.31. The van der Waals surface area contributed by atoms with E-state index < -0.39 is 46.1 Å². The molecular weight excluding hydrogens is 432 g/mol. The van der Waals surface area contributed by atoms with Crippen LogP contribution in [0.1, 0.15) is 40.5 Å². The third kappa shape index (κ3) is 5.46. The molecule has 2 fully saturated rings. The van der Waals surface area contributed by atoms with Crippen molar-refractivity contribution in [3.8, 4) is 0 Å². The molecule has 4 amide bonds. The zero-order valence-corrected chi connectivity index (χ0v) is 18.7. The second kappa shape index (κ2) is 8.28. The maximum Gasteiger partial charge on any atom is 0.418 e. The van der Waals surface area contributed by atoms with Gasteiger partial charge in [-0.05, 0) is 46.1 Å². The Hall–Kier alpha value is -2.38. The number of nitrogens with zero attached hydrogens (tertiary/aromatic N) is 3. The molecule has 0 radical (unpaired) electrons. The zero-order valence-electron chi connectivity index (χ0n) is 17.9. The van der Waals surface area contributed by atoms with Gasteiger partial charge in [-0.25, -0.2) is 9.59 Å². The number of urea groups is 1. The predicted molar refractivity (Wildman–Crippen MR) is 107 cm³/mol. The lowest BCUT2D eigenvalue weighted by atomic mass is 10.00. The number of amides is 4. The van der Waals surface area contributed by atoms with Gasteiger partial charge in [-0.3, -0.25) is 9.35 Å². The van der Waals surface area contributed by atoms with E-state index in [-0.39, 0.29) is 12.6 Å². The number of hydrogen-bond acceptors (Lipinski definition) is 7. The van der Waals surface area contributed by atoms with Crippen LogP contribution >= 0.6 is 0 Å². The van der Waals surface area contributed by atoms with E-state index in [2.05, 4.69) is 9.60 Å². The average molecular weight is 461 g/mol. The number of nitrogens with one attached hydrogen (secondary N) is 1. The van der Waals surface area contributed by atoms with Crippen LogP contribution in [0.4, 0.5) is 9.59 Å². The number of piperidine rings is 1. The SMILES string of the molecule is CC1=C[C@@H](C(=O)NC2CCN(C(=O)OC(C)(C)C)CC2)N2C[C@@H]1N(OS(=O)(=O)O)C2=O. The molecule has 0 saturated carbocycles. The summed E-state index contributed by atoms with van der Waals surface area (Å²) in [5, 5.41) is 3.46. The maximum absolute atomic E-state index is 12.9. The molecule has 2 saturated heterocycles. The van der Waals surface area contributed by atoms with Crippen LogP contribution in [0, 0.1) is 0 Å². The topological polar surface area (TPSA) is 146 Å². The van der Waals surface area contributed by atoms with E-state index in [1.807, 2.05) is 0 Å². The van der Waals surface area contributed by atoms with E-state index in [4.69, 9.17) is 9.29 Å². The van der Waals surface area contributed by atoms with E-state index in [1.54, 1.807) is 38.7 Å². The summed E-state index contributed by atoms with van der Waals surface area (Å²) in [6.45, 7) is 7.96. The molecule has 2 N–H and O–H groups in total. The quantitative estimate of drug-likeness (QED) is 0.460. The predicted octanol–water partition coefficient (Wildman–Crippen LogP) is 0.671. The Morgan fingerprint density at radius 2 is 1.84 bits per heavy atom. The van der Waals surface area contributed by atoms with E-state index in [0.717, 1.165) is 0 Å². The Bertz CT molecular complexity index is 889. The molecule has 0 spiro atoms. The van der Waals surface area contributed by atoms with Crippen LogP contribution in [0.3, 0.4) is 0 Å². The van der Waals surface area contributed by atoms with E-state index in [0.29, 0.717) is 36.6 Å². The third-order valence-electron chi connectivity index (χ3n) is 5.31. The number of hydroxylamine groups is 2. The Kier molecular flexibility index (Phi) is 6.22. The maximum atomic E-state index is 12.9. The van der Waals surface area contributed by atoms with E-state index in [9.17, 15) is 22.8 Å². The number of ether oxygens (including phenoxy) is 1. The second-order valence-electron chi connectivity index (χ2n) is 8.88. The number of rotatable bonds is 4. The van der Waals surface area contributed by atoms with E-state index >= 15 is 0 Å². The number of carbonyl (C=O) groups excluding carboxylic acids is 3. The van der Waals surface area contributed by atoms with Crippen LogP contribution in [0.25, 0.3) is 0 Å². The molecule has 2 bridgehead atoms. The van der Waals surface area contributed by atoms with Gasteiger partial charge in [-0.1, -0.05) is 6.08 Å². The first-order chi connectivity index (χ1) is 14.2. The van der Waals surface area contributed by atoms with Crippen LogP contribution in [0.15, 0.2) is 11.6 Å². The molecule has 31 heavy (non-hydrogen) atoms. The summed E-state index contributed by atoms with van der Waals surface area (Å²) in [4.78, 5) is 40.3. The van der Waals surface area contributed by atoms with Crippen LogP contribution in [-0.2, 0) is 24.2 Å². The van der Waals surface area contributed by atoms with Crippen LogP contribution in [0.5, 0.6) is 0 Å². The van der Waals surface area contributed by atoms with Gasteiger partial charge in [0.15, 0.2) is 0 Å². The Morgan fingerprint density at radius 1 is 1.23 bits per heavy atom. The van der Waals surface area contributed by atoms with Gasteiger partial charge in [0.2, 0.25) is 5.91 Å². The van der Waals surface area contributed by atoms with E-state index in [1.165, 1.54) is 4.90 Å². The molecule has 0 aliphatic carbocycles. The molecule has 0 unspecified atom stereocenters. The van der Waals surface area contributed by atoms with Gasteiger partial charge in [0.05, 0.1) is 6.54 Å². The first kappa shape index (κ1) is 23.3. The van der Waals surface area contributed by atoms with Gasteiger partial charge in [0.25, 0.3) is 0 Å². The summed E-state index contributed by atoms with van der Waals surface area (Å²) in [5.41, 5.74) is -0.00826. The van der Waals surface area contributed by atoms with Gasteiger partial charge in [0.1, 0.15) is 17.7 Å². The first-order valence-corrected chi connectivity index (χ1v) is 11.3. The fourth-order valence-corrected chi connectivity index (χ4v) is 4.20. The summed E-state index contributed by atoms with van der Waals surface area (Å²) >= 11 is 0. The van der Waals surface area contributed by atoms with Crippen molar-refractivity contribution in [2.24, 2.45) is 0 Å². The lowest BCUT2D eigenvalue weighted by molar-refractivity contribution is -0.125. The van der Waals surface area contributed by atoms with Crippen LogP contribution < -0.4 is 5.32 Å². The van der Waals surface area contributed by atoms with Crippen LogP contribution in [-0.4, -0.2) is 89.2 Å². The molecule has 174 valence electrons. The number of likely N-dealkylation sites (tertiary alicyclic amines) is 1. The van der Waals surface area contributed by atoms with Gasteiger partial charge in [-0.2, -0.15) is 13.5 Å². The van der Waals surface area contributed by atoms with Crippen molar-refractivity contribution in [3.63, 3.8) is 0 Å². The van der Waals surface area contributed by atoms with Crippen molar-refractivity contribution in [3.05, 3.63) is 11.6 Å². The van der Waals surface area contributed by atoms with Crippen molar-refractivity contribution in [2.45, 2.75) is 64.3 Å². The lowest BCUT2D eigenvalue weighted by Gasteiger charge is -2.35. The monoisotopic (exact) mass is 460 g/mol. The Labute approximate surface area is 181 Å². The van der Waals surface area contributed by atoms with Gasteiger partial charge >= 0.3 is 22.5 Å². The number of hydrogen-bond donors (Lipinski definition) is 2. The average Bonchev–Trinajstić information content (AvgIpc) is 2.89. The minimum Gasteiger partial charge on any atom is -0.444 e. The molecule has 3 aliphatic rings. The molecular formula is C18H28N4O8S. The molecule has 3 aliphatic heterocycles. The second-order valence-corrected chi connectivity index (χ2v) is 9.89. The summed E-state index contributed by atoms with van der Waals surface area (Å²) in [5.74, 6) is -0.407. The molecule has 13 heteroatoms. The van der Waals surface area contributed by atoms with Crippen molar-refractivity contribution in [2.75, 3.05) is 19.6 Å². The number of fused-ring (bicyclic) bond motifs is 2. The highest BCUT2D eigenvalue weighted by molar-refractivity contribution is 7.80. The van der Waals surface area contributed by atoms with Gasteiger partial charge in [0, 0.05) is 19.1 Å². The van der Waals surface area contributed by atoms with Gasteiger partial charge in [-0.15, -0.1) is 4.28 Å². The largest absolute Gasteiger partial charge is 0.444 e. The van der Waals surface area contributed by atoms with Crippen molar-refractivity contribution in [1.82, 2.24) is 20.2 Å². The normalized spacial score (nSPS) is 24.9. The molecule has 0 aromatic rings. The molecule has 0 aromatic carbocycles. The standard InChI is InChI=1S/C18H28N4O8S/c1-11-9-13(21-10-14(11)22(16(21)24)30-31(26,27)28)15(23)19-12-5-7-20(8-6-12)17(25)29-18(2,3)4/h9,12-14H,5-8,10H2,1-4H3,(H,19,23)(H,26,27,28)/t13-,14-/m0/s1. The highest BCUT2D eigenvalue weighted by atomic mass is 32.3. The fourth-order valence-electron chi connectivity index (χ4n) is 3.83. The molecule has 2 atom stereocenters. The summed E-state index contributed by atoms with van der Waals surface area (Å²) < 4.78 is 40.8. The first-order valence-electron chi connectivity index (χ1n) is 9.98. The number of carbonyl (C=O) groups is 3. The lowest BCUT2D eigenvalue weighted by Crippen LogP contribution is -2.53. The van der Waals surface area contributed by atoms with Crippen molar-refractivity contribution in [1.29, 1.82) is 0 Å². The minimum atomic E-state index is -4.88. The third-order valence-corrected chi connectivity index (χ3v) is 5.65. The Morgan fingerprint density at radius 3 is 2.39 bits per heavy atom. The molecule has 3 rings (SSSR count).